The van der Waals surface area contributed by atoms with Crippen LogP contribution in [0.1, 0.15) is 16.7 Å². The minimum atomic E-state index is -2.80. The van der Waals surface area contributed by atoms with Crippen LogP contribution in [0.3, 0.4) is 0 Å². The molecule has 0 amide bonds. The van der Waals surface area contributed by atoms with Gasteiger partial charge in [-0.3, -0.25) is 9.78 Å². The average molecular weight is 453 g/mol. The van der Waals surface area contributed by atoms with E-state index in [1.54, 1.807) is 12.1 Å². The molecule has 7 nitrogen and oxygen atoms in total. The smallest absolute Gasteiger partial charge is 0.259 e. The number of hydrogen-bond donors (Lipinski definition) is 2. The SMILES string of the molecule is [2H]C([2H])([2H])Oc1cccc(F)c1-c1nccc2[nH]c(=O)c(-c3nc4c(CC)nc(Cl)cc4[nH]3)cc12. The maximum Gasteiger partial charge on any atom is 0.259 e. The summed E-state index contributed by atoms with van der Waals surface area (Å²) < 4.78 is 42.3. The van der Waals surface area contributed by atoms with Crippen molar-refractivity contribution in [3.63, 3.8) is 0 Å². The van der Waals surface area contributed by atoms with Gasteiger partial charge in [-0.1, -0.05) is 24.6 Å². The Hall–Kier alpha value is -3.78. The molecule has 0 saturated heterocycles. The Balaban J connectivity index is 1.76. The molecular formula is C23H17ClFN5O2. The molecule has 2 N–H and O–H groups in total. The molecule has 0 atom stereocenters. The van der Waals surface area contributed by atoms with Crippen LogP contribution in [-0.2, 0) is 6.42 Å². The second-order valence-corrected chi connectivity index (χ2v) is 7.46. The van der Waals surface area contributed by atoms with Crippen LogP contribution in [0, 0.1) is 5.82 Å². The fraction of sp³-hybridized carbons (Fsp3) is 0.130. The molecule has 9 heteroatoms. The molecule has 0 aliphatic carbocycles. The number of methoxy groups -OCH3 is 1. The summed E-state index contributed by atoms with van der Waals surface area (Å²) in [7, 11) is -2.80. The van der Waals surface area contributed by atoms with Gasteiger partial charge in [0.25, 0.3) is 5.56 Å². The molecule has 0 saturated carbocycles. The molecule has 32 heavy (non-hydrogen) atoms. The molecular weight excluding hydrogens is 433 g/mol. The number of ether oxygens (including phenoxy) is 1. The largest absolute Gasteiger partial charge is 0.496 e. The van der Waals surface area contributed by atoms with Gasteiger partial charge in [0.1, 0.15) is 28.1 Å². The highest BCUT2D eigenvalue weighted by atomic mass is 35.5. The van der Waals surface area contributed by atoms with E-state index in [-0.39, 0.29) is 28.4 Å². The fourth-order valence-electron chi connectivity index (χ4n) is 3.74. The lowest BCUT2D eigenvalue weighted by molar-refractivity contribution is 0.413. The van der Waals surface area contributed by atoms with Crippen LogP contribution in [0.15, 0.2) is 47.4 Å². The third-order valence-corrected chi connectivity index (χ3v) is 5.39. The lowest BCUT2D eigenvalue weighted by atomic mass is 10.0. The molecule has 4 aromatic heterocycles. The van der Waals surface area contributed by atoms with Gasteiger partial charge in [-0.05, 0) is 30.7 Å². The molecule has 0 unspecified atom stereocenters. The van der Waals surface area contributed by atoms with Crippen LogP contribution in [0.5, 0.6) is 5.75 Å². The number of imidazole rings is 1. The zero-order valence-corrected chi connectivity index (χ0v) is 17.4. The summed E-state index contributed by atoms with van der Waals surface area (Å²) in [6, 6.07) is 8.58. The number of aromatic amines is 2. The number of fused-ring (bicyclic) bond motifs is 2. The average Bonchev–Trinajstić information content (AvgIpc) is 3.20. The number of hydrogen-bond acceptors (Lipinski definition) is 5. The van der Waals surface area contributed by atoms with Crippen molar-refractivity contribution in [2.75, 3.05) is 7.04 Å². The van der Waals surface area contributed by atoms with E-state index in [0.29, 0.717) is 39.2 Å². The quantitative estimate of drug-likeness (QED) is 0.378. The summed E-state index contributed by atoms with van der Waals surface area (Å²) in [5.74, 6) is -0.657. The zero-order chi connectivity index (χ0) is 24.9. The first kappa shape index (κ1) is 16.9. The summed E-state index contributed by atoms with van der Waals surface area (Å²) in [5, 5.41) is 0.666. The minimum absolute atomic E-state index is 0.104. The molecule has 0 radical (unpaired) electrons. The Kier molecular flexibility index (Phi) is 4.07. The van der Waals surface area contributed by atoms with Crippen LogP contribution in [0.25, 0.3) is 44.6 Å². The minimum Gasteiger partial charge on any atom is -0.496 e. The summed E-state index contributed by atoms with van der Waals surface area (Å²) >= 11 is 6.11. The Morgan fingerprint density at radius 1 is 1.19 bits per heavy atom. The Morgan fingerprint density at radius 3 is 2.88 bits per heavy atom. The summed E-state index contributed by atoms with van der Waals surface area (Å²) in [4.78, 5) is 32.0. The van der Waals surface area contributed by atoms with Gasteiger partial charge in [0.05, 0.1) is 44.7 Å². The van der Waals surface area contributed by atoms with Gasteiger partial charge >= 0.3 is 0 Å². The number of pyridine rings is 3. The van der Waals surface area contributed by atoms with Crippen molar-refractivity contribution in [2.45, 2.75) is 13.3 Å². The molecule has 5 rings (SSSR count). The summed E-state index contributed by atoms with van der Waals surface area (Å²) in [6.07, 6.45) is 1.98. The van der Waals surface area contributed by atoms with E-state index in [0.717, 1.165) is 0 Å². The lowest BCUT2D eigenvalue weighted by Crippen LogP contribution is -2.10. The first-order valence-corrected chi connectivity index (χ1v) is 10.1. The predicted molar refractivity (Wildman–Crippen MR) is 122 cm³/mol. The fourth-order valence-corrected chi connectivity index (χ4v) is 3.95. The molecule has 0 aliphatic rings. The Morgan fingerprint density at radius 2 is 2.06 bits per heavy atom. The monoisotopic (exact) mass is 452 g/mol. The van der Waals surface area contributed by atoms with E-state index < -0.39 is 18.4 Å². The van der Waals surface area contributed by atoms with Crippen LogP contribution in [0.4, 0.5) is 4.39 Å². The van der Waals surface area contributed by atoms with Gasteiger partial charge < -0.3 is 14.7 Å². The van der Waals surface area contributed by atoms with Crippen molar-refractivity contribution in [1.82, 2.24) is 24.9 Å². The lowest BCUT2D eigenvalue weighted by Gasteiger charge is -2.11. The molecule has 1 aromatic carbocycles. The van der Waals surface area contributed by atoms with Crippen molar-refractivity contribution in [2.24, 2.45) is 0 Å². The second kappa shape index (κ2) is 7.72. The number of H-pyrrole nitrogens is 2. The third-order valence-electron chi connectivity index (χ3n) is 5.19. The Labute approximate surface area is 190 Å². The van der Waals surface area contributed by atoms with E-state index in [1.165, 1.54) is 30.5 Å². The van der Waals surface area contributed by atoms with Crippen molar-refractivity contribution in [1.29, 1.82) is 0 Å². The van der Waals surface area contributed by atoms with Gasteiger partial charge in [0, 0.05) is 17.6 Å². The van der Waals surface area contributed by atoms with Gasteiger partial charge in [0.15, 0.2) is 0 Å². The molecule has 160 valence electrons. The molecule has 4 heterocycles. The maximum absolute atomic E-state index is 15.0. The molecule has 0 aliphatic heterocycles. The summed E-state index contributed by atoms with van der Waals surface area (Å²) in [5.41, 5.74) is 1.96. The molecule has 0 fully saturated rings. The normalized spacial score (nSPS) is 13.2. The number of halogens is 2. The Bertz CT molecular complexity index is 1670. The van der Waals surface area contributed by atoms with Crippen molar-refractivity contribution < 1.29 is 13.2 Å². The van der Waals surface area contributed by atoms with Crippen LogP contribution >= 0.6 is 11.6 Å². The number of nitrogens with zero attached hydrogens (tertiary/aromatic N) is 3. The predicted octanol–water partition coefficient (Wildman–Crippen LogP) is 4.89. The van der Waals surface area contributed by atoms with Crippen molar-refractivity contribution >= 4 is 33.5 Å². The van der Waals surface area contributed by atoms with E-state index >= 15 is 0 Å². The van der Waals surface area contributed by atoms with E-state index in [2.05, 4.69) is 24.9 Å². The zero-order valence-electron chi connectivity index (χ0n) is 19.7. The topological polar surface area (TPSA) is 96.6 Å². The van der Waals surface area contributed by atoms with Gasteiger partial charge in [-0.25, -0.2) is 14.4 Å². The molecule has 0 bridgehead atoms. The van der Waals surface area contributed by atoms with Gasteiger partial charge in [0.2, 0.25) is 0 Å². The highest BCUT2D eigenvalue weighted by Crippen LogP contribution is 2.35. The highest BCUT2D eigenvalue weighted by molar-refractivity contribution is 6.30. The number of benzene rings is 1. The van der Waals surface area contributed by atoms with Crippen LogP contribution in [-0.4, -0.2) is 32.0 Å². The van der Waals surface area contributed by atoms with Crippen molar-refractivity contribution in [3.05, 3.63) is 69.6 Å². The third kappa shape index (κ3) is 3.20. The number of nitrogens with one attached hydrogen (secondary N) is 2. The van der Waals surface area contributed by atoms with E-state index in [1.807, 2.05) is 6.92 Å². The van der Waals surface area contributed by atoms with Crippen LogP contribution in [0.2, 0.25) is 5.15 Å². The second-order valence-electron chi connectivity index (χ2n) is 7.07. The van der Waals surface area contributed by atoms with Gasteiger partial charge in [-0.2, -0.15) is 0 Å². The van der Waals surface area contributed by atoms with Gasteiger partial charge in [-0.15, -0.1) is 0 Å². The number of aryl methyl sites for hydroxylation is 1. The van der Waals surface area contributed by atoms with E-state index in [9.17, 15) is 9.18 Å². The van der Waals surface area contributed by atoms with E-state index in [4.69, 9.17) is 20.5 Å². The maximum atomic E-state index is 15.0. The molecule has 0 spiro atoms. The standard InChI is InChI=1S/C23H17ClFN5O2/c1-3-14-21-16(10-18(24)27-14)28-22(30-21)12-9-11-15(29-23(12)31)7-8-26-20(11)19-13(25)5-4-6-17(19)32-2/h4-10H,3H2,1-2H3,(H,28,30)(H,29,31)/i2D3. The first-order chi connectivity index (χ1) is 16.6. The van der Waals surface area contributed by atoms with Crippen molar-refractivity contribution in [3.8, 4) is 28.4 Å². The first-order valence-electron chi connectivity index (χ1n) is 11.2. The number of rotatable bonds is 4. The van der Waals surface area contributed by atoms with Crippen LogP contribution < -0.4 is 10.3 Å². The molecule has 5 aromatic rings. The summed E-state index contributed by atoms with van der Waals surface area (Å²) in [6.45, 7) is 1.92. The highest BCUT2D eigenvalue weighted by Gasteiger charge is 2.19. The number of aromatic nitrogens is 5.